The van der Waals surface area contributed by atoms with Crippen molar-refractivity contribution < 1.29 is 4.79 Å². The van der Waals surface area contributed by atoms with Crippen LogP contribution in [0.3, 0.4) is 0 Å². The summed E-state index contributed by atoms with van der Waals surface area (Å²) in [5, 5.41) is 0. The highest BCUT2D eigenvalue weighted by atomic mass is 16.2. The first-order valence-corrected chi connectivity index (χ1v) is 6.01. The Morgan fingerprint density at radius 2 is 2.12 bits per heavy atom. The van der Waals surface area contributed by atoms with Crippen LogP contribution in [0.15, 0.2) is 18.2 Å². The first-order valence-electron chi connectivity index (χ1n) is 6.01. The van der Waals surface area contributed by atoms with Gasteiger partial charge in [0.2, 0.25) is 5.91 Å². The number of benzene rings is 1. The summed E-state index contributed by atoms with van der Waals surface area (Å²) in [4.78, 5) is 13.5. The minimum atomic E-state index is 0.324. The molecule has 0 N–H and O–H groups in total. The van der Waals surface area contributed by atoms with Crippen molar-refractivity contribution in [2.75, 3.05) is 13.1 Å². The van der Waals surface area contributed by atoms with Gasteiger partial charge >= 0.3 is 0 Å². The first-order chi connectivity index (χ1) is 7.66. The van der Waals surface area contributed by atoms with Crippen molar-refractivity contribution >= 4 is 5.91 Å². The minimum absolute atomic E-state index is 0.324. The molecule has 16 heavy (non-hydrogen) atoms. The molecule has 0 spiro atoms. The van der Waals surface area contributed by atoms with Crippen molar-refractivity contribution in [3.63, 3.8) is 0 Å². The van der Waals surface area contributed by atoms with Crippen LogP contribution in [0.1, 0.15) is 29.5 Å². The highest BCUT2D eigenvalue weighted by Crippen LogP contribution is 2.14. The second-order valence-electron chi connectivity index (χ2n) is 4.66. The normalized spacial score (nSPS) is 15.9. The lowest BCUT2D eigenvalue weighted by molar-refractivity contribution is -0.127. The zero-order chi connectivity index (χ0) is 11.5. The van der Waals surface area contributed by atoms with Crippen LogP contribution in [0, 0.1) is 13.8 Å². The number of carbonyl (C=O) groups excluding carboxylic acids is 1. The lowest BCUT2D eigenvalue weighted by Gasteiger charge is -2.16. The molecule has 0 bridgehead atoms. The second-order valence-corrected chi connectivity index (χ2v) is 4.66. The van der Waals surface area contributed by atoms with Gasteiger partial charge in [-0.15, -0.1) is 0 Å². The van der Waals surface area contributed by atoms with Crippen molar-refractivity contribution in [3.05, 3.63) is 34.9 Å². The summed E-state index contributed by atoms with van der Waals surface area (Å²) in [5.74, 6) is 0.324. The maximum Gasteiger partial charge on any atom is 0.222 e. The van der Waals surface area contributed by atoms with E-state index in [0.717, 1.165) is 32.4 Å². The number of aryl methyl sites for hydroxylation is 2. The zero-order valence-corrected chi connectivity index (χ0v) is 10.1. The van der Waals surface area contributed by atoms with Gasteiger partial charge in [0.1, 0.15) is 0 Å². The molecule has 0 radical (unpaired) electrons. The number of amides is 1. The molecule has 1 amide bonds. The smallest absolute Gasteiger partial charge is 0.222 e. The fourth-order valence-electron chi connectivity index (χ4n) is 2.27. The Balaban J connectivity index is 1.98. The summed E-state index contributed by atoms with van der Waals surface area (Å²) < 4.78 is 0. The van der Waals surface area contributed by atoms with Gasteiger partial charge in [0.05, 0.1) is 0 Å². The van der Waals surface area contributed by atoms with Gasteiger partial charge in [-0.05, 0) is 37.8 Å². The summed E-state index contributed by atoms with van der Waals surface area (Å²) in [7, 11) is 0. The van der Waals surface area contributed by atoms with Crippen molar-refractivity contribution in [1.82, 2.24) is 4.90 Å². The van der Waals surface area contributed by atoms with Gasteiger partial charge in [0, 0.05) is 19.5 Å². The number of carbonyl (C=O) groups is 1. The molecular formula is C14H19NO. The van der Waals surface area contributed by atoms with E-state index in [9.17, 15) is 4.79 Å². The number of rotatable bonds is 3. The quantitative estimate of drug-likeness (QED) is 0.761. The number of likely N-dealkylation sites (tertiary alicyclic amines) is 1. The van der Waals surface area contributed by atoms with Gasteiger partial charge in [-0.2, -0.15) is 0 Å². The Morgan fingerprint density at radius 3 is 2.81 bits per heavy atom. The van der Waals surface area contributed by atoms with Crippen molar-refractivity contribution in [1.29, 1.82) is 0 Å². The molecule has 0 atom stereocenters. The van der Waals surface area contributed by atoms with E-state index in [0.29, 0.717) is 5.91 Å². The largest absolute Gasteiger partial charge is 0.342 e. The van der Waals surface area contributed by atoms with Gasteiger partial charge < -0.3 is 4.90 Å². The van der Waals surface area contributed by atoms with Crippen LogP contribution >= 0.6 is 0 Å². The Bertz CT molecular complexity index is 398. The molecule has 1 aliphatic heterocycles. The molecule has 86 valence electrons. The van der Waals surface area contributed by atoms with Crippen molar-refractivity contribution in [2.24, 2.45) is 0 Å². The summed E-state index contributed by atoms with van der Waals surface area (Å²) in [6.45, 7) is 6.08. The van der Waals surface area contributed by atoms with Crippen LogP contribution in [0.25, 0.3) is 0 Å². The molecule has 2 heteroatoms. The van der Waals surface area contributed by atoms with E-state index >= 15 is 0 Å². The minimum Gasteiger partial charge on any atom is -0.342 e. The zero-order valence-electron chi connectivity index (χ0n) is 10.1. The molecule has 1 heterocycles. The molecule has 1 aromatic rings. The van der Waals surface area contributed by atoms with Gasteiger partial charge in [-0.3, -0.25) is 4.79 Å². The van der Waals surface area contributed by atoms with Gasteiger partial charge in [-0.25, -0.2) is 0 Å². The summed E-state index contributed by atoms with van der Waals surface area (Å²) in [6.07, 6.45) is 2.76. The van der Waals surface area contributed by atoms with E-state index in [1.54, 1.807) is 0 Å². The Hall–Kier alpha value is -1.31. The van der Waals surface area contributed by atoms with Gasteiger partial charge in [0.25, 0.3) is 0 Å². The molecule has 1 fully saturated rings. The van der Waals surface area contributed by atoms with E-state index in [-0.39, 0.29) is 0 Å². The maximum atomic E-state index is 11.5. The summed E-state index contributed by atoms with van der Waals surface area (Å²) in [5.41, 5.74) is 4.00. The third-order valence-electron chi connectivity index (χ3n) is 3.33. The van der Waals surface area contributed by atoms with Crippen LogP contribution in [0.2, 0.25) is 0 Å². The Morgan fingerprint density at radius 1 is 1.31 bits per heavy atom. The molecule has 1 aromatic carbocycles. The summed E-state index contributed by atoms with van der Waals surface area (Å²) in [6, 6.07) is 6.53. The molecular weight excluding hydrogens is 198 g/mol. The van der Waals surface area contributed by atoms with E-state index in [4.69, 9.17) is 0 Å². The Labute approximate surface area is 97.3 Å². The third kappa shape index (κ3) is 2.43. The standard InChI is InChI=1S/C14H19NO/c1-11-5-6-12(2)13(10-11)7-9-15-8-3-4-14(15)16/h5-6,10H,3-4,7-9H2,1-2H3. The lowest BCUT2D eigenvalue weighted by Crippen LogP contribution is -2.27. The predicted molar refractivity (Wildman–Crippen MR) is 65.4 cm³/mol. The van der Waals surface area contributed by atoms with E-state index in [1.165, 1.54) is 16.7 Å². The van der Waals surface area contributed by atoms with Gasteiger partial charge in [0.15, 0.2) is 0 Å². The van der Waals surface area contributed by atoms with E-state index < -0.39 is 0 Å². The molecule has 2 nitrogen and oxygen atoms in total. The lowest BCUT2D eigenvalue weighted by atomic mass is 10.0. The highest BCUT2D eigenvalue weighted by molar-refractivity contribution is 5.78. The predicted octanol–water partition coefficient (Wildman–Crippen LogP) is 2.47. The maximum absolute atomic E-state index is 11.5. The Kier molecular flexibility index (Phi) is 3.28. The highest BCUT2D eigenvalue weighted by Gasteiger charge is 2.19. The third-order valence-corrected chi connectivity index (χ3v) is 3.33. The molecule has 2 rings (SSSR count). The molecule has 0 aliphatic carbocycles. The van der Waals surface area contributed by atoms with Crippen molar-refractivity contribution in [3.8, 4) is 0 Å². The van der Waals surface area contributed by atoms with Crippen LogP contribution in [0.4, 0.5) is 0 Å². The summed E-state index contributed by atoms with van der Waals surface area (Å²) >= 11 is 0. The van der Waals surface area contributed by atoms with Crippen LogP contribution in [0.5, 0.6) is 0 Å². The number of hydrogen-bond donors (Lipinski definition) is 0. The molecule has 0 unspecified atom stereocenters. The SMILES string of the molecule is Cc1ccc(C)c(CCN2CCCC2=O)c1. The molecule has 0 aromatic heterocycles. The van der Waals surface area contributed by atoms with Gasteiger partial charge in [-0.1, -0.05) is 23.8 Å². The fraction of sp³-hybridized carbons (Fsp3) is 0.500. The molecule has 1 aliphatic rings. The number of nitrogens with zero attached hydrogens (tertiary/aromatic N) is 1. The average Bonchev–Trinajstić information content (AvgIpc) is 2.66. The van der Waals surface area contributed by atoms with E-state index in [1.807, 2.05) is 4.90 Å². The van der Waals surface area contributed by atoms with Crippen molar-refractivity contribution in [2.45, 2.75) is 33.1 Å². The average molecular weight is 217 g/mol. The molecule has 1 saturated heterocycles. The second kappa shape index (κ2) is 4.69. The van der Waals surface area contributed by atoms with Crippen LogP contribution in [-0.4, -0.2) is 23.9 Å². The molecule has 0 saturated carbocycles. The topological polar surface area (TPSA) is 20.3 Å². The first kappa shape index (κ1) is 11.2. The number of hydrogen-bond acceptors (Lipinski definition) is 1. The van der Waals surface area contributed by atoms with Crippen LogP contribution in [-0.2, 0) is 11.2 Å². The van der Waals surface area contributed by atoms with Crippen LogP contribution < -0.4 is 0 Å². The monoisotopic (exact) mass is 217 g/mol. The fourth-order valence-corrected chi connectivity index (χ4v) is 2.27. The van der Waals surface area contributed by atoms with E-state index in [2.05, 4.69) is 32.0 Å².